The zero-order chi connectivity index (χ0) is 9.90. The molecule has 0 aromatic rings. The molecule has 1 heterocycles. The van der Waals surface area contributed by atoms with Gasteiger partial charge in [0.15, 0.2) is 0 Å². The molecule has 0 amide bonds. The molecule has 0 radical (unpaired) electrons. The molecule has 1 saturated heterocycles. The third-order valence-corrected chi connectivity index (χ3v) is 2.85. The lowest BCUT2D eigenvalue weighted by Gasteiger charge is -2.38. The normalized spacial score (nSPS) is 34.2. The highest BCUT2D eigenvalue weighted by Gasteiger charge is 2.34. The van der Waals surface area contributed by atoms with Gasteiger partial charge in [0, 0.05) is 13.2 Å². The Labute approximate surface area is 80.5 Å². The Morgan fingerprint density at radius 2 is 2.31 bits per heavy atom. The Hall–Kier alpha value is -0.120. The van der Waals surface area contributed by atoms with E-state index in [9.17, 15) is 5.11 Å². The van der Waals surface area contributed by atoms with E-state index in [1.807, 2.05) is 6.92 Å². The van der Waals surface area contributed by atoms with Gasteiger partial charge in [-0.05, 0) is 32.2 Å². The highest BCUT2D eigenvalue weighted by molar-refractivity contribution is 4.91. The van der Waals surface area contributed by atoms with Crippen molar-refractivity contribution < 1.29 is 9.84 Å². The van der Waals surface area contributed by atoms with Gasteiger partial charge in [-0.2, -0.15) is 0 Å². The average molecular weight is 187 g/mol. The van der Waals surface area contributed by atoms with Crippen molar-refractivity contribution in [3.8, 4) is 0 Å². The summed E-state index contributed by atoms with van der Waals surface area (Å²) in [4.78, 5) is 0. The predicted octanol–water partition coefficient (Wildman–Crippen LogP) is 0.772. The van der Waals surface area contributed by atoms with Crippen molar-refractivity contribution in [2.75, 3.05) is 20.3 Å². The van der Waals surface area contributed by atoms with Gasteiger partial charge in [0.2, 0.25) is 0 Å². The summed E-state index contributed by atoms with van der Waals surface area (Å²) in [5.74, 6) is 0.703. The van der Waals surface area contributed by atoms with Crippen LogP contribution in [-0.4, -0.2) is 37.0 Å². The Kier molecular flexibility index (Phi) is 3.71. The maximum atomic E-state index is 10.1. The first-order valence-corrected chi connectivity index (χ1v) is 5.01. The van der Waals surface area contributed by atoms with E-state index in [1.54, 1.807) is 7.11 Å². The molecule has 78 valence electrons. The Bertz CT molecular complexity index is 159. The van der Waals surface area contributed by atoms with Gasteiger partial charge in [-0.25, -0.2) is 0 Å². The second kappa shape index (κ2) is 4.40. The maximum absolute atomic E-state index is 10.1. The fraction of sp³-hybridized carbons (Fsp3) is 1.00. The van der Waals surface area contributed by atoms with Gasteiger partial charge in [-0.3, -0.25) is 0 Å². The molecule has 1 rings (SSSR count). The first-order chi connectivity index (χ1) is 6.06. The van der Waals surface area contributed by atoms with Crippen LogP contribution in [0.3, 0.4) is 0 Å². The van der Waals surface area contributed by atoms with Crippen LogP contribution >= 0.6 is 0 Å². The second-order valence-corrected chi connectivity index (χ2v) is 4.43. The molecule has 3 heteroatoms. The van der Waals surface area contributed by atoms with Crippen LogP contribution in [-0.2, 0) is 4.74 Å². The van der Waals surface area contributed by atoms with Gasteiger partial charge >= 0.3 is 0 Å². The predicted molar refractivity (Wildman–Crippen MR) is 52.7 cm³/mol. The van der Waals surface area contributed by atoms with Crippen LogP contribution in [0, 0.1) is 5.92 Å². The number of ether oxygens (including phenoxy) is 1. The Morgan fingerprint density at radius 1 is 1.62 bits per heavy atom. The van der Waals surface area contributed by atoms with Crippen LogP contribution in [0.5, 0.6) is 0 Å². The highest BCUT2D eigenvalue weighted by atomic mass is 16.5. The summed E-state index contributed by atoms with van der Waals surface area (Å²) in [6.45, 7) is 5.48. The van der Waals surface area contributed by atoms with E-state index in [2.05, 4.69) is 12.2 Å². The van der Waals surface area contributed by atoms with Gasteiger partial charge in [0.25, 0.3) is 0 Å². The number of nitrogens with one attached hydrogen (secondary N) is 1. The molecule has 0 aromatic carbocycles. The van der Waals surface area contributed by atoms with Crippen LogP contribution in [0.25, 0.3) is 0 Å². The minimum Gasteiger partial charge on any atom is -0.386 e. The topological polar surface area (TPSA) is 41.5 Å². The van der Waals surface area contributed by atoms with Crippen molar-refractivity contribution in [3.05, 3.63) is 0 Å². The minimum atomic E-state index is -0.733. The van der Waals surface area contributed by atoms with Crippen LogP contribution in [0.1, 0.15) is 26.7 Å². The number of hydrogen-bond acceptors (Lipinski definition) is 3. The van der Waals surface area contributed by atoms with Gasteiger partial charge in [-0.1, -0.05) is 6.92 Å². The summed E-state index contributed by atoms with van der Waals surface area (Å²) >= 11 is 0. The van der Waals surface area contributed by atoms with Crippen molar-refractivity contribution in [2.24, 2.45) is 5.92 Å². The highest BCUT2D eigenvalue weighted by Crippen LogP contribution is 2.23. The lowest BCUT2D eigenvalue weighted by atomic mass is 9.85. The fourth-order valence-electron chi connectivity index (χ4n) is 1.97. The summed E-state index contributed by atoms with van der Waals surface area (Å²) in [6, 6.07) is 0.177. The number of aliphatic hydroxyl groups is 1. The molecule has 0 spiro atoms. The number of hydrogen-bond donors (Lipinski definition) is 2. The third kappa shape index (κ3) is 2.93. The van der Waals surface area contributed by atoms with Crippen LogP contribution in [0.15, 0.2) is 0 Å². The molecule has 2 N–H and O–H groups in total. The maximum Gasteiger partial charge on any atom is 0.100 e. The Balaban J connectivity index is 2.48. The molecule has 0 bridgehead atoms. The molecular weight excluding hydrogens is 166 g/mol. The lowest BCUT2D eigenvalue weighted by Crippen LogP contribution is -2.54. The van der Waals surface area contributed by atoms with Gasteiger partial charge in [0.05, 0.1) is 6.61 Å². The minimum absolute atomic E-state index is 0.177. The summed E-state index contributed by atoms with van der Waals surface area (Å²) in [6.07, 6.45) is 2.25. The quantitative estimate of drug-likeness (QED) is 0.686. The summed E-state index contributed by atoms with van der Waals surface area (Å²) in [7, 11) is 1.63. The van der Waals surface area contributed by atoms with Crippen molar-refractivity contribution in [3.63, 3.8) is 0 Å². The zero-order valence-corrected chi connectivity index (χ0v) is 8.84. The van der Waals surface area contributed by atoms with E-state index < -0.39 is 5.60 Å². The SMILES string of the molecule is COCC(C)(O)C1CC(C)CCN1. The number of rotatable bonds is 3. The molecular formula is C10H21NO2. The van der Waals surface area contributed by atoms with E-state index in [-0.39, 0.29) is 6.04 Å². The van der Waals surface area contributed by atoms with Crippen molar-refractivity contribution in [1.82, 2.24) is 5.32 Å². The van der Waals surface area contributed by atoms with Gasteiger partial charge in [-0.15, -0.1) is 0 Å². The molecule has 3 nitrogen and oxygen atoms in total. The monoisotopic (exact) mass is 187 g/mol. The molecule has 3 unspecified atom stereocenters. The van der Waals surface area contributed by atoms with Gasteiger partial charge < -0.3 is 15.2 Å². The summed E-state index contributed by atoms with van der Waals surface area (Å²) < 4.78 is 5.01. The zero-order valence-electron chi connectivity index (χ0n) is 8.84. The van der Waals surface area contributed by atoms with Crippen molar-refractivity contribution >= 4 is 0 Å². The molecule has 0 saturated carbocycles. The lowest BCUT2D eigenvalue weighted by molar-refractivity contribution is -0.0537. The molecule has 1 aliphatic heterocycles. The van der Waals surface area contributed by atoms with Crippen LogP contribution < -0.4 is 5.32 Å². The third-order valence-electron chi connectivity index (χ3n) is 2.85. The van der Waals surface area contributed by atoms with Crippen molar-refractivity contribution in [1.29, 1.82) is 0 Å². The van der Waals surface area contributed by atoms with E-state index in [1.165, 1.54) is 6.42 Å². The second-order valence-electron chi connectivity index (χ2n) is 4.43. The molecule has 0 aliphatic carbocycles. The average Bonchev–Trinajstić information content (AvgIpc) is 2.04. The standard InChI is InChI=1S/C10H21NO2/c1-8-4-5-11-9(6-8)10(2,12)7-13-3/h8-9,11-12H,4-7H2,1-3H3. The molecule has 13 heavy (non-hydrogen) atoms. The van der Waals surface area contributed by atoms with Gasteiger partial charge in [0.1, 0.15) is 5.60 Å². The summed E-state index contributed by atoms with van der Waals surface area (Å²) in [5, 5.41) is 13.4. The van der Waals surface area contributed by atoms with E-state index in [0.717, 1.165) is 13.0 Å². The van der Waals surface area contributed by atoms with E-state index >= 15 is 0 Å². The van der Waals surface area contributed by atoms with Crippen LogP contribution in [0.2, 0.25) is 0 Å². The molecule has 3 atom stereocenters. The fourth-order valence-corrected chi connectivity index (χ4v) is 1.97. The van der Waals surface area contributed by atoms with E-state index in [4.69, 9.17) is 4.74 Å². The Morgan fingerprint density at radius 3 is 2.85 bits per heavy atom. The number of methoxy groups -OCH3 is 1. The van der Waals surface area contributed by atoms with E-state index in [0.29, 0.717) is 12.5 Å². The molecule has 0 aromatic heterocycles. The van der Waals surface area contributed by atoms with Crippen LogP contribution in [0.4, 0.5) is 0 Å². The molecule has 1 aliphatic rings. The largest absolute Gasteiger partial charge is 0.386 e. The molecule has 1 fully saturated rings. The summed E-state index contributed by atoms with van der Waals surface area (Å²) in [5.41, 5.74) is -0.733. The number of piperidine rings is 1. The first kappa shape index (κ1) is 11.0. The van der Waals surface area contributed by atoms with Crippen molar-refractivity contribution in [2.45, 2.75) is 38.3 Å². The smallest absolute Gasteiger partial charge is 0.100 e. The first-order valence-electron chi connectivity index (χ1n) is 5.01.